The molecule has 1 heterocycles. The quantitative estimate of drug-likeness (QED) is 0.727. The Morgan fingerprint density at radius 3 is 2.12 bits per heavy atom. The van der Waals surface area contributed by atoms with Crippen molar-refractivity contribution in [1.29, 1.82) is 0 Å². The van der Waals surface area contributed by atoms with Crippen LogP contribution in [0.3, 0.4) is 0 Å². The molecule has 102 valence electrons. The number of hydrogen-bond acceptors (Lipinski definition) is 6. The van der Waals surface area contributed by atoms with Gasteiger partial charge >= 0.3 is 0 Å². The van der Waals surface area contributed by atoms with Crippen molar-refractivity contribution >= 4 is 15.9 Å². The highest BCUT2D eigenvalue weighted by Gasteiger charge is 2.54. The van der Waals surface area contributed by atoms with Crippen molar-refractivity contribution in [3.05, 3.63) is 0 Å². The van der Waals surface area contributed by atoms with Crippen LogP contribution in [0.15, 0.2) is 0 Å². The summed E-state index contributed by atoms with van der Waals surface area (Å²) in [5, 5.41) is 10.1. The summed E-state index contributed by atoms with van der Waals surface area (Å²) in [7, 11) is 6.10. The molecule has 1 saturated heterocycles. The van der Waals surface area contributed by atoms with Crippen LogP contribution in [0.1, 0.15) is 0 Å². The Hall–Kier alpha value is 0.240. The predicted octanol–water partition coefficient (Wildman–Crippen LogP) is 0.118. The number of halogens is 1. The molecule has 0 aromatic rings. The highest BCUT2D eigenvalue weighted by Crippen LogP contribution is 2.36. The van der Waals surface area contributed by atoms with E-state index in [1.54, 1.807) is 14.2 Å². The summed E-state index contributed by atoms with van der Waals surface area (Å²) in [6.45, 7) is 0.280. The fourth-order valence-corrected chi connectivity index (χ4v) is 2.74. The van der Waals surface area contributed by atoms with Crippen LogP contribution in [-0.2, 0) is 23.7 Å². The first-order chi connectivity index (χ1) is 8.01. The summed E-state index contributed by atoms with van der Waals surface area (Å²) in [4.78, 5) is 0. The van der Waals surface area contributed by atoms with Gasteiger partial charge in [0, 0.05) is 28.4 Å². The zero-order chi connectivity index (χ0) is 13.1. The second-order valence-corrected chi connectivity index (χ2v) is 4.91. The van der Waals surface area contributed by atoms with Crippen molar-refractivity contribution in [2.75, 3.05) is 35.0 Å². The van der Waals surface area contributed by atoms with E-state index in [9.17, 15) is 5.11 Å². The topological polar surface area (TPSA) is 66.4 Å². The maximum Gasteiger partial charge on any atom is 0.254 e. The van der Waals surface area contributed by atoms with Gasteiger partial charge in [-0.25, -0.2) is 0 Å². The Balaban J connectivity index is 2.93. The molecule has 0 radical (unpaired) electrons. The molecule has 1 aliphatic heterocycles. The molecule has 0 aromatic carbocycles. The standard InChI is InChI=1S/C10H19BrO6/c1-13-5-6-7(14-2)8(15-3)9(16-4)10(11,12)17-6/h6-9,12H,5H2,1-4H3/t6-,7-,8+,9-,10+/m1/s1. The molecule has 1 aliphatic rings. The van der Waals surface area contributed by atoms with Crippen molar-refractivity contribution < 1.29 is 28.8 Å². The van der Waals surface area contributed by atoms with Crippen LogP contribution in [0.2, 0.25) is 0 Å². The van der Waals surface area contributed by atoms with Crippen molar-refractivity contribution in [1.82, 2.24) is 0 Å². The molecule has 0 bridgehead atoms. The normalized spacial score (nSPS) is 42.7. The minimum Gasteiger partial charge on any atom is -0.382 e. The van der Waals surface area contributed by atoms with E-state index in [0.29, 0.717) is 0 Å². The molecule has 0 amide bonds. The van der Waals surface area contributed by atoms with E-state index in [1.165, 1.54) is 14.2 Å². The van der Waals surface area contributed by atoms with Gasteiger partial charge in [-0.05, 0) is 15.9 Å². The van der Waals surface area contributed by atoms with Gasteiger partial charge in [0.15, 0.2) is 6.10 Å². The molecule has 0 unspecified atom stereocenters. The summed E-state index contributed by atoms with van der Waals surface area (Å²) >= 11 is 3.08. The van der Waals surface area contributed by atoms with Gasteiger partial charge in [-0.1, -0.05) is 0 Å². The molecule has 1 fully saturated rings. The molecule has 1 N–H and O–H groups in total. The SMILES string of the molecule is COC[C@H]1O[C@](O)(Br)[C@H](OC)[C@@H](OC)[C@@H]1OC. The van der Waals surface area contributed by atoms with Crippen molar-refractivity contribution in [2.45, 2.75) is 29.1 Å². The maximum atomic E-state index is 10.1. The van der Waals surface area contributed by atoms with Crippen LogP contribution >= 0.6 is 15.9 Å². The molecular weight excluding hydrogens is 296 g/mol. The summed E-state index contributed by atoms with van der Waals surface area (Å²) in [5.41, 5.74) is 0. The summed E-state index contributed by atoms with van der Waals surface area (Å²) in [6, 6.07) is 0. The smallest absolute Gasteiger partial charge is 0.254 e. The average Bonchev–Trinajstić information content (AvgIpc) is 2.27. The minimum atomic E-state index is -1.62. The Kier molecular flexibility index (Phi) is 5.78. The molecule has 0 saturated carbocycles. The van der Waals surface area contributed by atoms with Gasteiger partial charge in [0.25, 0.3) is 4.70 Å². The monoisotopic (exact) mass is 314 g/mol. The number of ether oxygens (including phenoxy) is 5. The molecule has 0 aromatic heterocycles. The van der Waals surface area contributed by atoms with Gasteiger partial charge in [0.05, 0.1) is 6.61 Å². The van der Waals surface area contributed by atoms with Gasteiger partial charge in [0.1, 0.15) is 18.3 Å². The number of methoxy groups -OCH3 is 4. The van der Waals surface area contributed by atoms with Crippen LogP contribution in [0.5, 0.6) is 0 Å². The number of alkyl halides is 1. The molecule has 0 spiro atoms. The Morgan fingerprint density at radius 1 is 1.12 bits per heavy atom. The first-order valence-corrected chi connectivity index (χ1v) is 5.97. The third kappa shape index (κ3) is 3.17. The van der Waals surface area contributed by atoms with Crippen LogP contribution in [0, 0.1) is 0 Å². The fourth-order valence-electron chi connectivity index (χ4n) is 2.05. The lowest BCUT2D eigenvalue weighted by molar-refractivity contribution is -0.314. The first kappa shape index (κ1) is 15.3. The second kappa shape index (κ2) is 6.42. The largest absolute Gasteiger partial charge is 0.382 e. The van der Waals surface area contributed by atoms with E-state index in [-0.39, 0.29) is 12.7 Å². The van der Waals surface area contributed by atoms with Gasteiger partial charge < -0.3 is 28.8 Å². The number of aliphatic hydroxyl groups is 1. The lowest BCUT2D eigenvalue weighted by Gasteiger charge is -2.46. The van der Waals surface area contributed by atoms with Gasteiger partial charge in [0.2, 0.25) is 0 Å². The molecule has 7 heteroatoms. The molecule has 6 nitrogen and oxygen atoms in total. The predicted molar refractivity (Wildman–Crippen MR) is 63.0 cm³/mol. The van der Waals surface area contributed by atoms with E-state index < -0.39 is 23.0 Å². The summed E-state index contributed by atoms with van der Waals surface area (Å²) < 4.78 is 24.8. The lowest BCUT2D eigenvalue weighted by Crippen LogP contribution is -2.64. The van der Waals surface area contributed by atoms with Crippen LogP contribution < -0.4 is 0 Å². The summed E-state index contributed by atoms with van der Waals surface area (Å²) in [6.07, 6.45) is -2.01. The van der Waals surface area contributed by atoms with E-state index in [4.69, 9.17) is 23.7 Å². The van der Waals surface area contributed by atoms with E-state index in [0.717, 1.165) is 0 Å². The molecule has 1 rings (SSSR count). The highest BCUT2D eigenvalue weighted by molar-refractivity contribution is 9.10. The second-order valence-electron chi connectivity index (χ2n) is 3.78. The third-order valence-corrected chi connectivity index (χ3v) is 3.42. The number of rotatable bonds is 5. The van der Waals surface area contributed by atoms with E-state index in [2.05, 4.69) is 15.9 Å². The molecule has 5 atom stereocenters. The van der Waals surface area contributed by atoms with Crippen LogP contribution in [0.25, 0.3) is 0 Å². The molecule has 17 heavy (non-hydrogen) atoms. The Bertz CT molecular complexity index is 237. The van der Waals surface area contributed by atoms with Crippen molar-refractivity contribution in [2.24, 2.45) is 0 Å². The zero-order valence-electron chi connectivity index (χ0n) is 10.4. The minimum absolute atomic E-state index is 0.280. The van der Waals surface area contributed by atoms with Crippen molar-refractivity contribution in [3.63, 3.8) is 0 Å². The summed E-state index contributed by atoms with van der Waals surface area (Å²) in [5.74, 6) is 0. The molecule has 0 aliphatic carbocycles. The van der Waals surface area contributed by atoms with Crippen molar-refractivity contribution in [3.8, 4) is 0 Å². The molecular formula is C10H19BrO6. The van der Waals surface area contributed by atoms with Gasteiger partial charge in [-0.3, -0.25) is 0 Å². The third-order valence-electron chi connectivity index (χ3n) is 2.79. The first-order valence-electron chi connectivity index (χ1n) is 5.18. The van der Waals surface area contributed by atoms with E-state index >= 15 is 0 Å². The highest BCUT2D eigenvalue weighted by atomic mass is 79.9. The Morgan fingerprint density at radius 2 is 1.71 bits per heavy atom. The van der Waals surface area contributed by atoms with E-state index in [1.807, 2.05) is 0 Å². The number of hydrogen-bond donors (Lipinski definition) is 1. The zero-order valence-corrected chi connectivity index (χ0v) is 12.0. The van der Waals surface area contributed by atoms with Crippen LogP contribution in [-0.4, -0.2) is 69.3 Å². The fraction of sp³-hybridized carbons (Fsp3) is 1.00. The maximum absolute atomic E-state index is 10.1. The van der Waals surface area contributed by atoms with Gasteiger partial charge in [-0.15, -0.1) is 0 Å². The van der Waals surface area contributed by atoms with Gasteiger partial charge in [-0.2, -0.15) is 0 Å². The average molecular weight is 315 g/mol. The lowest BCUT2D eigenvalue weighted by atomic mass is 9.98. The van der Waals surface area contributed by atoms with Crippen LogP contribution in [0.4, 0.5) is 0 Å². The Labute approximate surface area is 109 Å².